The molecule has 0 spiro atoms. The van der Waals surface area contributed by atoms with Gasteiger partial charge in [0, 0.05) is 6.54 Å². The first kappa shape index (κ1) is 11.5. The topological polar surface area (TPSA) is 71.2 Å². The first-order valence-corrected chi connectivity index (χ1v) is 5.84. The fraction of sp³-hybridized carbons (Fsp3) is 0.545. The normalized spacial score (nSPS) is 18.6. The molecule has 16 heavy (non-hydrogen) atoms. The van der Waals surface area contributed by atoms with Gasteiger partial charge in [-0.15, -0.1) is 0 Å². The number of hydrogen-bond donors (Lipinski definition) is 3. The van der Waals surface area contributed by atoms with Crippen molar-refractivity contribution in [2.24, 2.45) is 0 Å². The molecule has 1 saturated carbocycles. The van der Waals surface area contributed by atoms with Gasteiger partial charge in [-0.1, -0.05) is 24.4 Å². The molecule has 1 aromatic heterocycles. The van der Waals surface area contributed by atoms with E-state index in [2.05, 4.69) is 10.3 Å². The summed E-state index contributed by atoms with van der Waals surface area (Å²) in [5.74, 6) is 0.580. The first-order valence-electron chi connectivity index (χ1n) is 5.46. The number of hydrogen-bond acceptors (Lipinski definition) is 4. The van der Waals surface area contributed by atoms with Gasteiger partial charge in [0.1, 0.15) is 5.82 Å². The van der Waals surface area contributed by atoms with E-state index in [0.717, 1.165) is 25.7 Å². The number of nitrogen functional groups attached to an aromatic ring is 1. The Morgan fingerprint density at radius 2 is 2.19 bits per heavy atom. The SMILES string of the molecule is Nc1cnc(NCC2(O)CCCC2)c(Cl)c1. The highest BCUT2D eigenvalue weighted by Gasteiger charge is 2.30. The number of nitrogens with one attached hydrogen (secondary N) is 1. The van der Waals surface area contributed by atoms with Crippen LogP contribution in [0.5, 0.6) is 0 Å². The molecule has 1 aliphatic carbocycles. The highest BCUT2D eigenvalue weighted by Crippen LogP contribution is 2.30. The summed E-state index contributed by atoms with van der Waals surface area (Å²) in [5, 5.41) is 13.7. The van der Waals surface area contributed by atoms with E-state index in [4.69, 9.17) is 17.3 Å². The van der Waals surface area contributed by atoms with E-state index >= 15 is 0 Å². The van der Waals surface area contributed by atoms with Crippen molar-refractivity contribution >= 4 is 23.1 Å². The summed E-state index contributed by atoms with van der Waals surface area (Å²) in [5.41, 5.74) is 5.48. The monoisotopic (exact) mass is 241 g/mol. The summed E-state index contributed by atoms with van der Waals surface area (Å²) in [6.45, 7) is 0.490. The molecular weight excluding hydrogens is 226 g/mol. The predicted octanol–water partition coefficient (Wildman–Crippen LogP) is 2.03. The summed E-state index contributed by atoms with van der Waals surface area (Å²) in [6.07, 6.45) is 5.40. The lowest BCUT2D eigenvalue weighted by molar-refractivity contribution is 0.0614. The summed E-state index contributed by atoms with van der Waals surface area (Å²) in [7, 11) is 0. The van der Waals surface area contributed by atoms with Crippen LogP contribution in [0.25, 0.3) is 0 Å². The van der Waals surface area contributed by atoms with Crippen LogP contribution in [-0.2, 0) is 0 Å². The maximum atomic E-state index is 10.1. The second-order valence-corrected chi connectivity index (χ2v) is 4.79. The fourth-order valence-corrected chi connectivity index (χ4v) is 2.28. The molecule has 0 amide bonds. The number of aromatic nitrogens is 1. The van der Waals surface area contributed by atoms with Crippen molar-refractivity contribution in [3.63, 3.8) is 0 Å². The van der Waals surface area contributed by atoms with Gasteiger partial charge in [0.15, 0.2) is 0 Å². The van der Waals surface area contributed by atoms with E-state index in [9.17, 15) is 5.11 Å². The average Bonchev–Trinajstić information content (AvgIpc) is 2.64. The average molecular weight is 242 g/mol. The first-order chi connectivity index (χ1) is 7.59. The number of aliphatic hydroxyl groups is 1. The van der Waals surface area contributed by atoms with E-state index in [1.165, 1.54) is 0 Å². The maximum absolute atomic E-state index is 10.1. The molecule has 0 bridgehead atoms. The number of halogens is 1. The maximum Gasteiger partial charge on any atom is 0.145 e. The van der Waals surface area contributed by atoms with Gasteiger partial charge in [-0.3, -0.25) is 0 Å². The molecule has 2 rings (SSSR count). The molecule has 1 aliphatic rings. The van der Waals surface area contributed by atoms with E-state index in [1.807, 2.05) is 0 Å². The van der Waals surface area contributed by atoms with Crippen LogP contribution >= 0.6 is 11.6 Å². The third-order valence-electron chi connectivity index (χ3n) is 2.98. The molecule has 5 heteroatoms. The predicted molar refractivity (Wildman–Crippen MR) is 65.6 cm³/mol. The Morgan fingerprint density at radius 3 is 2.81 bits per heavy atom. The van der Waals surface area contributed by atoms with Crippen LogP contribution in [0.15, 0.2) is 12.3 Å². The van der Waals surface area contributed by atoms with E-state index in [1.54, 1.807) is 12.3 Å². The lowest BCUT2D eigenvalue weighted by Crippen LogP contribution is -2.33. The third-order valence-corrected chi connectivity index (χ3v) is 3.27. The van der Waals surface area contributed by atoms with Crippen molar-refractivity contribution in [2.75, 3.05) is 17.6 Å². The molecule has 0 saturated heterocycles. The third kappa shape index (κ3) is 2.57. The Bertz CT molecular complexity index is 377. The minimum absolute atomic E-state index is 0.488. The van der Waals surface area contributed by atoms with Crippen molar-refractivity contribution < 1.29 is 5.11 Å². The molecule has 0 aliphatic heterocycles. The van der Waals surface area contributed by atoms with Crippen molar-refractivity contribution in [3.8, 4) is 0 Å². The zero-order chi connectivity index (χ0) is 11.6. The van der Waals surface area contributed by atoms with Gasteiger partial charge in [-0.05, 0) is 18.9 Å². The zero-order valence-electron chi connectivity index (χ0n) is 9.04. The lowest BCUT2D eigenvalue weighted by Gasteiger charge is -2.22. The second-order valence-electron chi connectivity index (χ2n) is 4.38. The highest BCUT2D eigenvalue weighted by molar-refractivity contribution is 6.33. The van der Waals surface area contributed by atoms with E-state index in [0.29, 0.717) is 23.1 Å². The highest BCUT2D eigenvalue weighted by atomic mass is 35.5. The van der Waals surface area contributed by atoms with Gasteiger partial charge in [0.05, 0.1) is 22.5 Å². The molecule has 4 N–H and O–H groups in total. The van der Waals surface area contributed by atoms with Gasteiger partial charge in [-0.25, -0.2) is 4.98 Å². The molecule has 0 atom stereocenters. The molecular formula is C11H16ClN3O. The lowest BCUT2D eigenvalue weighted by atomic mass is 10.0. The number of nitrogens with two attached hydrogens (primary N) is 1. The number of pyridine rings is 1. The summed E-state index contributed by atoms with van der Waals surface area (Å²) in [6, 6.07) is 1.65. The summed E-state index contributed by atoms with van der Waals surface area (Å²) < 4.78 is 0. The molecule has 4 nitrogen and oxygen atoms in total. The number of anilines is 2. The molecule has 1 fully saturated rings. The van der Waals surface area contributed by atoms with Crippen LogP contribution < -0.4 is 11.1 Å². The van der Waals surface area contributed by atoms with Crippen molar-refractivity contribution in [3.05, 3.63) is 17.3 Å². The number of rotatable bonds is 3. The molecule has 0 radical (unpaired) electrons. The smallest absolute Gasteiger partial charge is 0.145 e. The number of nitrogens with zero attached hydrogens (tertiary/aromatic N) is 1. The minimum Gasteiger partial charge on any atom is -0.397 e. The Balaban J connectivity index is 1.99. The Labute approximate surface area is 99.8 Å². The summed E-state index contributed by atoms with van der Waals surface area (Å²) in [4.78, 5) is 4.09. The van der Waals surface area contributed by atoms with Crippen LogP contribution in [0.1, 0.15) is 25.7 Å². The van der Waals surface area contributed by atoms with Gasteiger partial charge >= 0.3 is 0 Å². The van der Waals surface area contributed by atoms with Crippen LogP contribution in [0.3, 0.4) is 0 Å². The Hall–Kier alpha value is -1.00. The second kappa shape index (κ2) is 4.47. The molecule has 1 heterocycles. The van der Waals surface area contributed by atoms with Crippen LogP contribution in [0.2, 0.25) is 5.02 Å². The quantitative estimate of drug-likeness (QED) is 0.757. The summed E-state index contributed by atoms with van der Waals surface area (Å²) >= 11 is 5.97. The van der Waals surface area contributed by atoms with E-state index < -0.39 is 5.60 Å². The standard InChI is InChI=1S/C11H16ClN3O/c12-9-5-8(13)6-14-10(9)15-7-11(16)3-1-2-4-11/h5-6,16H,1-4,7,13H2,(H,14,15). The van der Waals surface area contributed by atoms with Crippen molar-refractivity contribution in [1.82, 2.24) is 4.98 Å². The van der Waals surface area contributed by atoms with Gasteiger partial charge in [0.25, 0.3) is 0 Å². The van der Waals surface area contributed by atoms with Crippen molar-refractivity contribution in [1.29, 1.82) is 0 Å². The Kier molecular flexibility index (Phi) is 3.21. The largest absolute Gasteiger partial charge is 0.397 e. The van der Waals surface area contributed by atoms with E-state index in [-0.39, 0.29) is 0 Å². The minimum atomic E-state index is -0.605. The molecule has 0 aromatic carbocycles. The van der Waals surface area contributed by atoms with Crippen LogP contribution in [0.4, 0.5) is 11.5 Å². The Morgan fingerprint density at radius 1 is 1.50 bits per heavy atom. The van der Waals surface area contributed by atoms with Gasteiger partial charge in [0.2, 0.25) is 0 Å². The fourth-order valence-electron chi connectivity index (χ4n) is 2.04. The van der Waals surface area contributed by atoms with Crippen LogP contribution in [-0.4, -0.2) is 22.2 Å². The molecule has 1 aromatic rings. The van der Waals surface area contributed by atoms with Crippen molar-refractivity contribution in [2.45, 2.75) is 31.3 Å². The van der Waals surface area contributed by atoms with Gasteiger partial charge in [-0.2, -0.15) is 0 Å². The van der Waals surface area contributed by atoms with Gasteiger partial charge < -0.3 is 16.2 Å². The molecule has 88 valence electrons. The molecule has 0 unspecified atom stereocenters. The van der Waals surface area contributed by atoms with Crippen LogP contribution in [0, 0.1) is 0 Å². The zero-order valence-corrected chi connectivity index (χ0v) is 9.80.